The fourth-order valence-electron chi connectivity index (χ4n) is 5.40. The average Bonchev–Trinajstić information content (AvgIpc) is 2.74. The Balaban J connectivity index is 2.11. The summed E-state index contributed by atoms with van der Waals surface area (Å²) in [6.07, 6.45) is 1.95. The average molecular weight is 311 g/mol. The van der Waals surface area contributed by atoms with Crippen LogP contribution in [0.5, 0.6) is 0 Å². The van der Waals surface area contributed by atoms with Gasteiger partial charge in [0.25, 0.3) is 0 Å². The van der Waals surface area contributed by atoms with Crippen LogP contribution in [0.25, 0.3) is 0 Å². The van der Waals surface area contributed by atoms with Crippen molar-refractivity contribution in [3.8, 4) is 0 Å². The molecule has 1 aliphatic heterocycles. The zero-order valence-electron chi connectivity index (χ0n) is 13.2. The molecule has 118 valence electrons. The maximum atomic E-state index is 10.9. The molecular weight excluding hydrogens is 286 g/mol. The largest absolute Gasteiger partial charge is 0.390 e. The van der Waals surface area contributed by atoms with Gasteiger partial charge in [-0.1, -0.05) is 13.8 Å². The Morgan fingerprint density at radius 3 is 2.57 bits per heavy atom. The molecule has 0 aromatic rings. The van der Waals surface area contributed by atoms with Crippen LogP contribution >= 0.6 is 12.2 Å². The second-order valence-electron chi connectivity index (χ2n) is 7.80. The number of thiocarbonyl (C=S) groups is 1. The van der Waals surface area contributed by atoms with Gasteiger partial charge in [0.2, 0.25) is 0 Å². The highest BCUT2D eigenvalue weighted by molar-refractivity contribution is 7.78. The SMILES string of the molecule is CC(C)[C@@H]1CC[C@](C)(N=C=S)[C@@H]2C[C@H]3[C@H](O)[C@@]21O[C@@]3(C)O. The molecule has 0 aromatic heterocycles. The summed E-state index contributed by atoms with van der Waals surface area (Å²) in [5, 5.41) is 24.0. The molecule has 0 unspecified atom stereocenters. The molecule has 2 N–H and O–H groups in total. The zero-order chi connectivity index (χ0) is 15.6. The van der Waals surface area contributed by atoms with Crippen LogP contribution in [0.15, 0.2) is 4.99 Å². The number of isothiocyanates is 1. The lowest BCUT2D eigenvalue weighted by molar-refractivity contribution is -0.296. The van der Waals surface area contributed by atoms with Gasteiger partial charge in [0, 0.05) is 11.8 Å². The number of aliphatic imine (C=N–C) groups is 1. The third kappa shape index (κ3) is 1.85. The smallest absolute Gasteiger partial charge is 0.168 e. The van der Waals surface area contributed by atoms with Crippen LogP contribution in [-0.2, 0) is 4.74 Å². The van der Waals surface area contributed by atoms with Gasteiger partial charge in [0.15, 0.2) is 5.79 Å². The number of aliphatic hydroxyl groups excluding tert-OH is 1. The van der Waals surface area contributed by atoms with E-state index >= 15 is 0 Å². The highest BCUT2D eigenvalue weighted by atomic mass is 32.1. The fraction of sp³-hybridized carbons (Fsp3) is 0.938. The van der Waals surface area contributed by atoms with Crippen molar-refractivity contribution in [3.05, 3.63) is 0 Å². The number of fused-ring (bicyclic) bond motifs is 1. The Hall–Kier alpha value is -0.320. The van der Waals surface area contributed by atoms with Crippen molar-refractivity contribution in [2.75, 3.05) is 0 Å². The molecule has 4 nitrogen and oxygen atoms in total. The molecule has 2 aliphatic carbocycles. The van der Waals surface area contributed by atoms with Gasteiger partial charge in [-0.25, -0.2) is 4.99 Å². The van der Waals surface area contributed by atoms with E-state index in [4.69, 9.17) is 17.0 Å². The van der Waals surface area contributed by atoms with Gasteiger partial charge < -0.3 is 14.9 Å². The Morgan fingerprint density at radius 2 is 2.05 bits per heavy atom. The molecule has 0 amide bonds. The quantitative estimate of drug-likeness (QED) is 0.607. The Morgan fingerprint density at radius 1 is 1.38 bits per heavy atom. The second-order valence-corrected chi connectivity index (χ2v) is 7.98. The first kappa shape index (κ1) is 15.6. The standard InChI is InChI=1S/C16H25NO3S/c1-9(2)10-5-6-14(3,17-8-21)12-7-11-13(18)16(10,12)20-15(11,4)19/h9-13,18-19H,5-7H2,1-4H3/t10-,11-,12-,13-,14-,15+,16-/m0/s1. The zero-order valence-corrected chi connectivity index (χ0v) is 14.0. The van der Waals surface area contributed by atoms with Crippen molar-refractivity contribution in [1.82, 2.24) is 0 Å². The number of ether oxygens (including phenoxy) is 1. The lowest BCUT2D eigenvalue weighted by Gasteiger charge is -2.55. The van der Waals surface area contributed by atoms with Gasteiger partial charge >= 0.3 is 0 Å². The number of aliphatic hydroxyl groups is 2. The summed E-state index contributed by atoms with van der Waals surface area (Å²) in [6, 6.07) is 0. The lowest BCUT2D eigenvalue weighted by Crippen LogP contribution is -2.62. The van der Waals surface area contributed by atoms with E-state index in [1.807, 2.05) is 0 Å². The molecule has 3 fully saturated rings. The molecular formula is C16H25NO3S. The van der Waals surface area contributed by atoms with E-state index in [2.05, 4.69) is 30.9 Å². The third-order valence-corrected chi connectivity index (χ3v) is 6.44. The van der Waals surface area contributed by atoms with E-state index in [-0.39, 0.29) is 23.3 Å². The lowest BCUT2D eigenvalue weighted by atomic mass is 9.58. The molecule has 0 aromatic carbocycles. The molecule has 3 rings (SSSR count). The minimum atomic E-state index is -1.25. The van der Waals surface area contributed by atoms with Crippen molar-refractivity contribution in [1.29, 1.82) is 0 Å². The number of rotatable bonds is 2. The fourth-order valence-corrected chi connectivity index (χ4v) is 5.61. The van der Waals surface area contributed by atoms with E-state index in [1.165, 1.54) is 0 Å². The predicted octanol–water partition coefficient (Wildman–Crippen LogP) is 2.39. The van der Waals surface area contributed by atoms with Crippen LogP contribution in [0.3, 0.4) is 0 Å². The van der Waals surface area contributed by atoms with E-state index in [0.717, 1.165) is 19.3 Å². The molecule has 2 saturated carbocycles. The van der Waals surface area contributed by atoms with Gasteiger partial charge in [-0.05, 0) is 57.2 Å². The molecule has 2 bridgehead atoms. The van der Waals surface area contributed by atoms with E-state index in [9.17, 15) is 10.2 Å². The van der Waals surface area contributed by atoms with E-state index in [0.29, 0.717) is 5.92 Å². The van der Waals surface area contributed by atoms with Gasteiger partial charge in [-0.15, -0.1) is 0 Å². The second kappa shape index (κ2) is 4.59. The molecule has 3 aliphatic rings. The summed E-state index contributed by atoms with van der Waals surface area (Å²) < 4.78 is 6.15. The number of nitrogens with zero attached hydrogens (tertiary/aromatic N) is 1. The molecule has 21 heavy (non-hydrogen) atoms. The van der Waals surface area contributed by atoms with Gasteiger partial charge in [-0.3, -0.25) is 0 Å². The minimum Gasteiger partial charge on any atom is -0.390 e. The van der Waals surface area contributed by atoms with Crippen molar-refractivity contribution >= 4 is 17.4 Å². The molecule has 7 atom stereocenters. The maximum Gasteiger partial charge on any atom is 0.168 e. The molecule has 1 heterocycles. The molecule has 1 spiro atoms. The summed E-state index contributed by atoms with van der Waals surface area (Å²) in [4.78, 5) is 4.44. The maximum absolute atomic E-state index is 10.9. The normalized spacial score (nSPS) is 55.4. The Bertz CT molecular complexity index is 502. The number of hydrogen-bond donors (Lipinski definition) is 2. The van der Waals surface area contributed by atoms with E-state index in [1.54, 1.807) is 6.92 Å². The summed E-state index contributed by atoms with van der Waals surface area (Å²) >= 11 is 4.83. The van der Waals surface area contributed by atoms with Crippen LogP contribution in [0.1, 0.15) is 47.0 Å². The van der Waals surface area contributed by atoms with Crippen LogP contribution in [0.4, 0.5) is 0 Å². The Kier molecular flexibility index (Phi) is 3.40. The summed E-state index contributed by atoms with van der Waals surface area (Å²) in [5.74, 6) is -0.799. The monoisotopic (exact) mass is 311 g/mol. The summed E-state index contributed by atoms with van der Waals surface area (Å²) in [6.45, 7) is 8.09. The third-order valence-electron chi connectivity index (χ3n) is 6.35. The van der Waals surface area contributed by atoms with Crippen molar-refractivity contribution in [2.24, 2.45) is 28.7 Å². The topological polar surface area (TPSA) is 62.1 Å². The van der Waals surface area contributed by atoms with Crippen LogP contribution < -0.4 is 0 Å². The van der Waals surface area contributed by atoms with Gasteiger partial charge in [0.1, 0.15) is 5.60 Å². The van der Waals surface area contributed by atoms with Crippen molar-refractivity contribution in [3.63, 3.8) is 0 Å². The molecule has 5 heteroatoms. The van der Waals surface area contributed by atoms with Crippen LogP contribution in [0.2, 0.25) is 0 Å². The number of hydrogen-bond acceptors (Lipinski definition) is 5. The summed E-state index contributed by atoms with van der Waals surface area (Å²) in [7, 11) is 0. The van der Waals surface area contributed by atoms with Crippen LogP contribution in [-0.4, -0.2) is 38.4 Å². The first-order valence-corrected chi connectivity index (χ1v) is 8.29. The van der Waals surface area contributed by atoms with Crippen LogP contribution in [0, 0.1) is 23.7 Å². The van der Waals surface area contributed by atoms with Crippen molar-refractivity contribution < 1.29 is 14.9 Å². The summed E-state index contributed by atoms with van der Waals surface area (Å²) in [5.41, 5.74) is -1.05. The highest BCUT2D eigenvalue weighted by Crippen LogP contribution is 2.66. The first-order valence-electron chi connectivity index (χ1n) is 7.88. The first-order chi connectivity index (χ1) is 9.69. The van der Waals surface area contributed by atoms with Crippen molar-refractivity contribution in [2.45, 2.75) is 70.0 Å². The van der Waals surface area contributed by atoms with Gasteiger partial charge in [0.05, 0.1) is 16.8 Å². The Labute approximate surface area is 131 Å². The molecule has 1 saturated heterocycles. The predicted molar refractivity (Wildman–Crippen MR) is 83.0 cm³/mol. The minimum absolute atomic E-state index is 0.0850. The highest BCUT2D eigenvalue weighted by Gasteiger charge is 2.75. The molecule has 0 radical (unpaired) electrons. The van der Waals surface area contributed by atoms with E-state index < -0.39 is 17.5 Å². The van der Waals surface area contributed by atoms with Gasteiger partial charge in [-0.2, -0.15) is 0 Å².